The van der Waals surface area contributed by atoms with Crippen LogP contribution in [0, 0.1) is 0 Å². The molecule has 0 saturated carbocycles. The molecule has 102 valence electrons. The van der Waals surface area contributed by atoms with Crippen LogP contribution in [0.2, 0.25) is 0 Å². The number of ketones is 1. The van der Waals surface area contributed by atoms with Crippen molar-refractivity contribution in [2.24, 2.45) is 0 Å². The highest BCUT2D eigenvalue weighted by molar-refractivity contribution is 5.75. The van der Waals surface area contributed by atoms with E-state index in [1.165, 1.54) is 0 Å². The Bertz CT molecular complexity index is 612. The van der Waals surface area contributed by atoms with Crippen molar-refractivity contribution >= 4 is 16.9 Å². The average Bonchev–Trinajstić information content (AvgIpc) is 2.72. The summed E-state index contributed by atoms with van der Waals surface area (Å²) in [5, 5.41) is 3.29. The second-order valence-electron chi connectivity index (χ2n) is 4.65. The number of aromatic nitrogens is 1. The molecular formula is C14H18N2O3. The van der Waals surface area contributed by atoms with E-state index in [0.29, 0.717) is 12.0 Å². The van der Waals surface area contributed by atoms with Crippen LogP contribution < -0.4 is 11.1 Å². The number of aromatic amines is 1. The maximum atomic E-state index is 11.0. The molecular weight excluding hydrogens is 244 g/mol. The molecule has 2 aromatic rings. The zero-order valence-corrected chi connectivity index (χ0v) is 11.0. The topological polar surface area (TPSA) is 75.1 Å². The summed E-state index contributed by atoms with van der Waals surface area (Å²) < 4.78 is 5.01. The van der Waals surface area contributed by atoms with Crippen molar-refractivity contribution in [3.8, 4) is 0 Å². The molecule has 5 nitrogen and oxygen atoms in total. The summed E-state index contributed by atoms with van der Waals surface area (Å²) in [6.45, 7) is 3.30. The molecule has 1 aromatic heterocycles. The molecule has 0 saturated heterocycles. The number of carbonyl (C=O) groups is 1. The normalized spacial score (nSPS) is 11.0. The van der Waals surface area contributed by atoms with Gasteiger partial charge in [0.1, 0.15) is 5.78 Å². The van der Waals surface area contributed by atoms with Crippen molar-refractivity contribution in [2.45, 2.75) is 26.2 Å². The molecule has 1 heterocycles. The Morgan fingerprint density at radius 2 is 2.21 bits per heavy atom. The van der Waals surface area contributed by atoms with Crippen LogP contribution in [0.1, 0.15) is 25.3 Å². The molecule has 0 unspecified atom stereocenters. The highest BCUT2D eigenvalue weighted by atomic mass is 16.4. The maximum absolute atomic E-state index is 11.0. The van der Waals surface area contributed by atoms with E-state index in [2.05, 4.69) is 10.3 Å². The molecule has 0 amide bonds. The van der Waals surface area contributed by atoms with Gasteiger partial charge >= 0.3 is 5.76 Å². The number of oxazole rings is 1. The van der Waals surface area contributed by atoms with Gasteiger partial charge in [-0.1, -0.05) is 6.07 Å². The van der Waals surface area contributed by atoms with Crippen molar-refractivity contribution in [1.82, 2.24) is 10.3 Å². The van der Waals surface area contributed by atoms with Crippen molar-refractivity contribution in [1.29, 1.82) is 0 Å². The zero-order valence-electron chi connectivity index (χ0n) is 11.0. The number of hydrogen-bond acceptors (Lipinski definition) is 4. The fraction of sp³-hybridized carbons (Fsp3) is 0.429. The summed E-state index contributed by atoms with van der Waals surface area (Å²) in [5.41, 5.74) is 2.44. The smallest absolute Gasteiger partial charge is 0.408 e. The van der Waals surface area contributed by atoms with Gasteiger partial charge < -0.3 is 14.5 Å². The number of rotatable bonds is 7. The standard InChI is InChI=1S/C14H18N2O3/c1-10(17)3-2-7-15-8-6-11-4-5-12-13(9-11)19-14(18)16-12/h4-5,9,15H,2-3,6-8H2,1H3,(H,16,18). The molecule has 5 heteroatoms. The predicted molar refractivity (Wildman–Crippen MR) is 73.3 cm³/mol. The Kier molecular flexibility index (Phi) is 4.52. The molecule has 0 fully saturated rings. The second kappa shape index (κ2) is 6.33. The number of fused-ring (bicyclic) bond motifs is 1. The Morgan fingerprint density at radius 1 is 1.37 bits per heavy atom. The fourth-order valence-corrected chi connectivity index (χ4v) is 1.97. The minimum absolute atomic E-state index is 0.231. The minimum atomic E-state index is -0.422. The van der Waals surface area contributed by atoms with Crippen molar-refractivity contribution in [2.75, 3.05) is 13.1 Å². The first-order valence-corrected chi connectivity index (χ1v) is 6.47. The molecule has 0 bridgehead atoms. The molecule has 19 heavy (non-hydrogen) atoms. The molecule has 0 aliphatic carbocycles. The molecule has 0 aliphatic heterocycles. The highest BCUT2D eigenvalue weighted by Gasteiger charge is 2.02. The van der Waals surface area contributed by atoms with E-state index >= 15 is 0 Å². The van der Waals surface area contributed by atoms with Gasteiger partial charge in [0.05, 0.1) is 5.52 Å². The highest BCUT2D eigenvalue weighted by Crippen LogP contribution is 2.12. The molecule has 2 rings (SSSR count). The third-order valence-electron chi connectivity index (χ3n) is 2.96. The minimum Gasteiger partial charge on any atom is -0.408 e. The van der Waals surface area contributed by atoms with Gasteiger partial charge in [0.2, 0.25) is 0 Å². The van der Waals surface area contributed by atoms with Gasteiger partial charge in [0, 0.05) is 6.42 Å². The molecule has 0 radical (unpaired) electrons. The molecule has 0 aliphatic rings. The lowest BCUT2D eigenvalue weighted by Crippen LogP contribution is -2.19. The first kappa shape index (κ1) is 13.5. The zero-order chi connectivity index (χ0) is 13.7. The molecule has 0 atom stereocenters. The van der Waals surface area contributed by atoms with Crippen LogP contribution in [0.4, 0.5) is 0 Å². The second-order valence-corrected chi connectivity index (χ2v) is 4.65. The van der Waals surface area contributed by atoms with Crippen LogP contribution in [-0.2, 0) is 11.2 Å². The number of benzene rings is 1. The van der Waals surface area contributed by atoms with Gasteiger partial charge in [-0.3, -0.25) is 4.98 Å². The Balaban J connectivity index is 1.78. The summed E-state index contributed by atoms with van der Waals surface area (Å²) in [6.07, 6.45) is 2.37. The summed E-state index contributed by atoms with van der Waals surface area (Å²) in [4.78, 5) is 24.4. The number of carbonyl (C=O) groups excluding carboxylic acids is 1. The summed E-state index contributed by atoms with van der Waals surface area (Å²) in [6, 6.07) is 5.71. The van der Waals surface area contributed by atoms with Crippen LogP contribution in [0.15, 0.2) is 27.4 Å². The predicted octanol–water partition coefficient (Wildman–Crippen LogP) is 1.62. The third kappa shape index (κ3) is 4.06. The largest absolute Gasteiger partial charge is 0.417 e. The van der Waals surface area contributed by atoms with Gasteiger partial charge in [-0.2, -0.15) is 0 Å². The van der Waals surface area contributed by atoms with E-state index in [1.54, 1.807) is 6.92 Å². The van der Waals surface area contributed by atoms with Crippen molar-refractivity contribution in [3.63, 3.8) is 0 Å². The SMILES string of the molecule is CC(=O)CCCNCCc1ccc2[nH]c(=O)oc2c1. The molecule has 2 N–H and O–H groups in total. The Labute approximate surface area is 111 Å². The van der Waals surface area contributed by atoms with Gasteiger partial charge in [0.15, 0.2) is 5.58 Å². The Morgan fingerprint density at radius 3 is 3.00 bits per heavy atom. The van der Waals surface area contributed by atoms with E-state index < -0.39 is 5.76 Å². The van der Waals surface area contributed by atoms with Gasteiger partial charge in [-0.25, -0.2) is 4.79 Å². The quantitative estimate of drug-likeness (QED) is 0.743. The van der Waals surface area contributed by atoms with Crippen molar-refractivity contribution in [3.05, 3.63) is 34.3 Å². The van der Waals surface area contributed by atoms with E-state index in [0.717, 1.165) is 37.0 Å². The third-order valence-corrected chi connectivity index (χ3v) is 2.96. The van der Waals surface area contributed by atoms with Gasteiger partial charge in [-0.05, 0) is 50.6 Å². The number of H-pyrrole nitrogens is 1. The van der Waals surface area contributed by atoms with E-state index in [1.807, 2.05) is 18.2 Å². The Hall–Kier alpha value is -1.88. The van der Waals surface area contributed by atoms with Gasteiger partial charge in [0.25, 0.3) is 0 Å². The lowest BCUT2D eigenvalue weighted by Gasteiger charge is -2.04. The van der Waals surface area contributed by atoms with E-state index in [4.69, 9.17) is 4.42 Å². The fourth-order valence-electron chi connectivity index (χ4n) is 1.97. The van der Waals surface area contributed by atoms with Crippen LogP contribution in [0.3, 0.4) is 0 Å². The first-order valence-electron chi connectivity index (χ1n) is 6.47. The van der Waals surface area contributed by atoms with Crippen LogP contribution in [-0.4, -0.2) is 23.9 Å². The van der Waals surface area contributed by atoms with E-state index in [9.17, 15) is 9.59 Å². The summed E-state index contributed by atoms with van der Waals surface area (Å²) >= 11 is 0. The van der Waals surface area contributed by atoms with E-state index in [-0.39, 0.29) is 5.78 Å². The lowest BCUT2D eigenvalue weighted by atomic mass is 10.1. The maximum Gasteiger partial charge on any atom is 0.417 e. The van der Waals surface area contributed by atoms with Gasteiger partial charge in [-0.15, -0.1) is 0 Å². The number of Topliss-reactive ketones (excluding diaryl/α,β-unsaturated/α-hetero) is 1. The number of hydrogen-bond donors (Lipinski definition) is 2. The summed E-state index contributed by atoms with van der Waals surface area (Å²) in [7, 11) is 0. The summed E-state index contributed by atoms with van der Waals surface area (Å²) in [5.74, 6) is -0.191. The van der Waals surface area contributed by atoms with Crippen LogP contribution in [0.5, 0.6) is 0 Å². The van der Waals surface area contributed by atoms with Crippen LogP contribution in [0.25, 0.3) is 11.1 Å². The number of nitrogens with one attached hydrogen (secondary N) is 2. The van der Waals surface area contributed by atoms with Crippen molar-refractivity contribution < 1.29 is 9.21 Å². The molecule has 1 aromatic carbocycles. The first-order chi connectivity index (χ1) is 9.15. The average molecular weight is 262 g/mol. The van der Waals surface area contributed by atoms with Crippen LogP contribution >= 0.6 is 0 Å². The molecule has 0 spiro atoms. The lowest BCUT2D eigenvalue weighted by molar-refractivity contribution is -0.117. The monoisotopic (exact) mass is 262 g/mol.